The fourth-order valence-corrected chi connectivity index (χ4v) is 4.49. The smallest absolute Gasteiger partial charge is 0.234 e. The molecule has 1 heterocycles. The summed E-state index contributed by atoms with van der Waals surface area (Å²) >= 11 is 1.06. The number of nitriles is 1. The normalized spacial score (nSPS) is 16.0. The Morgan fingerprint density at radius 1 is 1.13 bits per heavy atom. The van der Waals surface area contributed by atoms with Gasteiger partial charge in [-0.1, -0.05) is 66.4 Å². The third-order valence-electron chi connectivity index (χ3n) is 5.05. The molecular weight excluding hydrogens is 413 g/mol. The SMILES string of the molecule is N#CC1=C(SCC(=O)Nc2cccc3ccccc23)NC(=O)CC1c1ccccc1F. The van der Waals surface area contributed by atoms with E-state index in [9.17, 15) is 19.2 Å². The molecule has 0 bridgehead atoms. The molecule has 0 saturated carbocycles. The molecule has 0 spiro atoms. The van der Waals surface area contributed by atoms with Gasteiger partial charge in [-0.2, -0.15) is 5.26 Å². The number of benzene rings is 3. The fourth-order valence-electron chi connectivity index (χ4n) is 3.61. The van der Waals surface area contributed by atoms with E-state index in [1.807, 2.05) is 42.5 Å². The van der Waals surface area contributed by atoms with Crippen molar-refractivity contribution in [1.29, 1.82) is 5.26 Å². The summed E-state index contributed by atoms with van der Waals surface area (Å²) in [5, 5.41) is 17.5. The van der Waals surface area contributed by atoms with E-state index in [0.29, 0.717) is 16.3 Å². The molecule has 0 radical (unpaired) electrons. The van der Waals surface area contributed by atoms with Gasteiger partial charge in [0, 0.05) is 23.4 Å². The average molecular weight is 431 g/mol. The number of allylic oxidation sites excluding steroid dienone is 1. The number of fused-ring (bicyclic) bond motifs is 1. The number of carbonyl (C=O) groups excluding carboxylic acids is 2. The fraction of sp³-hybridized carbons (Fsp3) is 0.125. The first-order valence-electron chi connectivity index (χ1n) is 9.66. The zero-order chi connectivity index (χ0) is 21.8. The molecule has 0 fully saturated rings. The second kappa shape index (κ2) is 9.02. The number of nitrogens with zero attached hydrogens (tertiary/aromatic N) is 1. The number of amides is 2. The molecule has 3 aromatic carbocycles. The maximum absolute atomic E-state index is 14.3. The largest absolute Gasteiger partial charge is 0.325 e. The highest BCUT2D eigenvalue weighted by molar-refractivity contribution is 8.03. The van der Waals surface area contributed by atoms with Crippen molar-refractivity contribution in [2.75, 3.05) is 11.1 Å². The van der Waals surface area contributed by atoms with E-state index < -0.39 is 11.7 Å². The van der Waals surface area contributed by atoms with Crippen LogP contribution in [0.1, 0.15) is 17.9 Å². The summed E-state index contributed by atoms with van der Waals surface area (Å²) in [6, 6.07) is 21.6. The van der Waals surface area contributed by atoms with E-state index in [2.05, 4.69) is 16.7 Å². The van der Waals surface area contributed by atoms with Crippen LogP contribution in [-0.2, 0) is 9.59 Å². The Bertz CT molecular complexity index is 1240. The maximum Gasteiger partial charge on any atom is 0.234 e. The van der Waals surface area contributed by atoms with Gasteiger partial charge >= 0.3 is 0 Å². The molecule has 0 aromatic heterocycles. The van der Waals surface area contributed by atoms with Gasteiger partial charge in [-0.25, -0.2) is 4.39 Å². The van der Waals surface area contributed by atoms with E-state index in [1.54, 1.807) is 18.2 Å². The van der Waals surface area contributed by atoms with Crippen molar-refractivity contribution in [3.05, 3.63) is 88.7 Å². The standard InChI is InChI=1S/C24H18FN3O2S/c25-20-10-4-3-9-17(20)18-12-22(29)28-24(19(18)13-26)31-14-23(30)27-21-11-5-7-15-6-1-2-8-16(15)21/h1-11,18H,12,14H2,(H,27,30)(H,28,29). The van der Waals surface area contributed by atoms with Crippen LogP contribution in [0.4, 0.5) is 10.1 Å². The van der Waals surface area contributed by atoms with Crippen molar-refractivity contribution in [3.8, 4) is 6.07 Å². The first-order valence-corrected chi connectivity index (χ1v) is 10.6. The average Bonchev–Trinajstić information content (AvgIpc) is 2.78. The molecule has 2 amide bonds. The first kappa shape index (κ1) is 20.6. The highest BCUT2D eigenvalue weighted by Crippen LogP contribution is 2.37. The third-order valence-corrected chi connectivity index (χ3v) is 6.07. The van der Waals surface area contributed by atoms with Gasteiger partial charge in [0.2, 0.25) is 11.8 Å². The Labute approximate surface area is 182 Å². The van der Waals surface area contributed by atoms with Gasteiger partial charge in [-0.15, -0.1) is 0 Å². The molecule has 3 aromatic rings. The van der Waals surface area contributed by atoms with Gasteiger partial charge in [0.1, 0.15) is 5.82 Å². The van der Waals surface area contributed by atoms with Gasteiger partial charge in [0.05, 0.1) is 22.4 Å². The molecule has 0 aliphatic carbocycles. The quantitative estimate of drug-likeness (QED) is 0.614. The number of hydrogen-bond acceptors (Lipinski definition) is 4. The number of carbonyl (C=O) groups is 2. The van der Waals surface area contributed by atoms with Gasteiger partial charge in [0.25, 0.3) is 0 Å². The lowest BCUT2D eigenvalue weighted by molar-refractivity contribution is -0.121. The van der Waals surface area contributed by atoms with Crippen LogP contribution in [0, 0.1) is 17.1 Å². The summed E-state index contributed by atoms with van der Waals surface area (Å²) in [4.78, 5) is 24.8. The third kappa shape index (κ3) is 4.44. The van der Waals surface area contributed by atoms with Gasteiger partial charge in [0.15, 0.2) is 0 Å². The minimum absolute atomic E-state index is 0.00595. The van der Waals surface area contributed by atoms with Crippen LogP contribution in [-0.4, -0.2) is 17.6 Å². The summed E-state index contributed by atoms with van der Waals surface area (Å²) < 4.78 is 14.3. The highest BCUT2D eigenvalue weighted by Gasteiger charge is 2.31. The lowest BCUT2D eigenvalue weighted by atomic mass is 9.87. The number of hydrogen-bond donors (Lipinski definition) is 2. The summed E-state index contributed by atoms with van der Waals surface area (Å²) in [5.41, 5.74) is 1.25. The maximum atomic E-state index is 14.3. The molecule has 7 heteroatoms. The van der Waals surface area contributed by atoms with Crippen molar-refractivity contribution >= 4 is 40.0 Å². The Balaban J connectivity index is 1.53. The van der Waals surface area contributed by atoms with E-state index >= 15 is 0 Å². The Morgan fingerprint density at radius 3 is 2.68 bits per heavy atom. The van der Waals surface area contributed by atoms with Crippen LogP contribution >= 0.6 is 11.8 Å². The summed E-state index contributed by atoms with van der Waals surface area (Å²) in [6.07, 6.45) is -0.0178. The zero-order valence-electron chi connectivity index (χ0n) is 16.4. The molecule has 4 rings (SSSR count). The van der Waals surface area contributed by atoms with Crippen LogP contribution in [0.3, 0.4) is 0 Å². The van der Waals surface area contributed by atoms with Crippen molar-refractivity contribution in [2.24, 2.45) is 0 Å². The number of thioether (sulfide) groups is 1. The second-order valence-corrected chi connectivity index (χ2v) is 8.03. The van der Waals surface area contributed by atoms with E-state index in [-0.39, 0.29) is 29.6 Å². The molecule has 1 atom stereocenters. The van der Waals surface area contributed by atoms with Crippen molar-refractivity contribution in [1.82, 2.24) is 5.32 Å². The minimum Gasteiger partial charge on any atom is -0.325 e. The van der Waals surface area contributed by atoms with Gasteiger partial charge < -0.3 is 10.6 Å². The molecule has 154 valence electrons. The molecule has 1 aliphatic heterocycles. The predicted molar refractivity (Wildman–Crippen MR) is 120 cm³/mol. The molecule has 5 nitrogen and oxygen atoms in total. The van der Waals surface area contributed by atoms with Crippen molar-refractivity contribution < 1.29 is 14.0 Å². The van der Waals surface area contributed by atoms with E-state index in [0.717, 1.165) is 22.5 Å². The van der Waals surface area contributed by atoms with Crippen LogP contribution in [0.5, 0.6) is 0 Å². The first-order chi connectivity index (χ1) is 15.1. The summed E-state index contributed by atoms with van der Waals surface area (Å²) in [6.45, 7) is 0. The topological polar surface area (TPSA) is 82.0 Å². The second-order valence-electron chi connectivity index (χ2n) is 7.04. The molecule has 0 saturated heterocycles. The Hall–Kier alpha value is -3.63. The lowest BCUT2D eigenvalue weighted by Crippen LogP contribution is -2.31. The van der Waals surface area contributed by atoms with Crippen LogP contribution in [0.2, 0.25) is 0 Å². The predicted octanol–water partition coefficient (Wildman–Crippen LogP) is 4.69. The van der Waals surface area contributed by atoms with Crippen molar-refractivity contribution in [3.63, 3.8) is 0 Å². The summed E-state index contributed by atoms with van der Waals surface area (Å²) in [7, 11) is 0. The Morgan fingerprint density at radius 2 is 1.87 bits per heavy atom. The number of anilines is 1. The zero-order valence-corrected chi connectivity index (χ0v) is 17.2. The highest BCUT2D eigenvalue weighted by atomic mass is 32.2. The van der Waals surface area contributed by atoms with Crippen LogP contribution in [0.25, 0.3) is 10.8 Å². The number of rotatable bonds is 5. The van der Waals surface area contributed by atoms with Crippen LogP contribution < -0.4 is 10.6 Å². The molecule has 1 unspecified atom stereocenters. The van der Waals surface area contributed by atoms with E-state index in [1.165, 1.54) is 6.07 Å². The van der Waals surface area contributed by atoms with E-state index in [4.69, 9.17) is 0 Å². The molecule has 2 N–H and O–H groups in total. The molecular formula is C24H18FN3O2S. The molecule has 1 aliphatic rings. The number of nitrogens with one attached hydrogen (secondary N) is 2. The van der Waals surface area contributed by atoms with Crippen molar-refractivity contribution in [2.45, 2.75) is 12.3 Å². The van der Waals surface area contributed by atoms with Gasteiger partial charge in [-0.05, 0) is 23.1 Å². The van der Waals surface area contributed by atoms with Crippen LogP contribution in [0.15, 0.2) is 77.3 Å². The Kier molecular flexibility index (Phi) is 6.01. The molecule has 31 heavy (non-hydrogen) atoms. The lowest BCUT2D eigenvalue weighted by Gasteiger charge is -2.25. The van der Waals surface area contributed by atoms with Gasteiger partial charge in [-0.3, -0.25) is 9.59 Å². The monoisotopic (exact) mass is 431 g/mol. The summed E-state index contributed by atoms with van der Waals surface area (Å²) in [5.74, 6) is -1.73. The number of halogens is 1. The minimum atomic E-state index is -0.677.